The number of rotatable bonds is 14. The van der Waals surface area contributed by atoms with E-state index in [1.807, 2.05) is 13.8 Å². The topological polar surface area (TPSA) is 148 Å². The summed E-state index contributed by atoms with van der Waals surface area (Å²) in [5, 5.41) is 14.7. The molecule has 3 aromatic rings. The van der Waals surface area contributed by atoms with Crippen LogP contribution in [-0.4, -0.2) is 62.9 Å². The number of anilines is 1. The standard InChI is InChI=1S/C31H37ClN4O8S/c1-7-21(3)33-31(38)22(4)34(18-23-9-12-25(43-5)13-10-23)30(37)19-35(28-16-24(32)11-15-29(28)44-6)45(41,42)26-14-8-20(2)27(17-26)36(39)40/h8-17,21-22H,7,18-19H2,1-6H3,(H,33,38)/t21-,22+/m1/s1. The summed E-state index contributed by atoms with van der Waals surface area (Å²) in [6, 6.07) is 13.5. The fraction of sp³-hybridized carbons (Fsp3) is 0.355. The largest absolute Gasteiger partial charge is 0.497 e. The van der Waals surface area contributed by atoms with Gasteiger partial charge in [0.1, 0.15) is 24.1 Å². The third-order valence-corrected chi connectivity index (χ3v) is 9.32. The lowest BCUT2D eigenvalue weighted by molar-refractivity contribution is -0.385. The molecule has 14 heteroatoms. The second kappa shape index (κ2) is 15.1. The number of carbonyl (C=O) groups excluding carboxylic acids is 2. The molecule has 0 aromatic heterocycles. The van der Waals surface area contributed by atoms with Gasteiger partial charge in [0.05, 0.1) is 29.7 Å². The fourth-order valence-corrected chi connectivity index (χ4v) is 6.02. The first kappa shape index (κ1) is 35.1. The van der Waals surface area contributed by atoms with Gasteiger partial charge in [0.25, 0.3) is 15.7 Å². The fourth-order valence-electron chi connectivity index (χ4n) is 4.42. The second-order valence-corrected chi connectivity index (χ2v) is 12.7. The molecule has 2 atom stereocenters. The Kier molecular flexibility index (Phi) is 11.8. The number of hydrogen-bond acceptors (Lipinski definition) is 8. The zero-order valence-electron chi connectivity index (χ0n) is 25.9. The molecule has 0 saturated heterocycles. The predicted molar refractivity (Wildman–Crippen MR) is 171 cm³/mol. The third kappa shape index (κ3) is 8.43. The van der Waals surface area contributed by atoms with Crippen LogP contribution in [0.3, 0.4) is 0 Å². The van der Waals surface area contributed by atoms with E-state index in [0.717, 1.165) is 10.4 Å². The van der Waals surface area contributed by atoms with Crippen LogP contribution in [0.2, 0.25) is 5.02 Å². The molecule has 2 amide bonds. The Bertz CT molecular complexity index is 1650. The van der Waals surface area contributed by atoms with E-state index < -0.39 is 49.9 Å². The minimum atomic E-state index is -4.63. The minimum Gasteiger partial charge on any atom is -0.497 e. The average molecular weight is 661 g/mol. The van der Waals surface area contributed by atoms with E-state index in [4.69, 9.17) is 21.1 Å². The van der Waals surface area contributed by atoms with Crippen molar-refractivity contribution in [2.24, 2.45) is 0 Å². The number of methoxy groups -OCH3 is 2. The number of halogens is 1. The first-order chi connectivity index (χ1) is 21.2. The quantitative estimate of drug-likeness (QED) is 0.185. The SMILES string of the molecule is CC[C@@H](C)NC(=O)[C@H](C)N(Cc1ccc(OC)cc1)C(=O)CN(c1cc(Cl)ccc1OC)S(=O)(=O)c1ccc(C)c([N+](=O)[O-])c1. The number of hydrogen-bond donors (Lipinski definition) is 1. The van der Waals surface area contributed by atoms with Gasteiger partial charge in [0, 0.05) is 29.2 Å². The average Bonchev–Trinajstić information content (AvgIpc) is 3.01. The normalized spacial score (nSPS) is 12.5. The maximum absolute atomic E-state index is 14.2. The highest BCUT2D eigenvalue weighted by atomic mass is 35.5. The number of carbonyl (C=O) groups is 2. The second-order valence-electron chi connectivity index (χ2n) is 10.4. The van der Waals surface area contributed by atoms with Crippen molar-refractivity contribution in [2.45, 2.75) is 57.6 Å². The molecule has 3 aromatic carbocycles. The Morgan fingerprint density at radius 2 is 1.69 bits per heavy atom. The van der Waals surface area contributed by atoms with Crippen LogP contribution in [-0.2, 0) is 26.2 Å². The van der Waals surface area contributed by atoms with Gasteiger partial charge in [0.15, 0.2) is 0 Å². The molecule has 0 aliphatic heterocycles. The zero-order chi connectivity index (χ0) is 33.5. The molecule has 0 aliphatic carbocycles. The van der Waals surface area contributed by atoms with Crippen molar-refractivity contribution in [2.75, 3.05) is 25.1 Å². The van der Waals surface area contributed by atoms with E-state index in [-0.39, 0.29) is 34.6 Å². The molecule has 0 unspecified atom stereocenters. The van der Waals surface area contributed by atoms with Crippen molar-refractivity contribution in [1.29, 1.82) is 0 Å². The smallest absolute Gasteiger partial charge is 0.273 e. The van der Waals surface area contributed by atoms with E-state index in [1.54, 1.807) is 31.2 Å². The molecule has 3 rings (SSSR count). The molecule has 1 N–H and O–H groups in total. The highest BCUT2D eigenvalue weighted by Gasteiger charge is 2.35. The molecule has 0 spiro atoms. The molecule has 45 heavy (non-hydrogen) atoms. The summed E-state index contributed by atoms with van der Waals surface area (Å²) in [6.45, 7) is 5.97. The number of amides is 2. The highest BCUT2D eigenvalue weighted by Crippen LogP contribution is 2.36. The number of nitrogens with zero attached hydrogens (tertiary/aromatic N) is 3. The zero-order valence-corrected chi connectivity index (χ0v) is 27.5. The van der Waals surface area contributed by atoms with Crippen LogP contribution in [0.25, 0.3) is 0 Å². The lowest BCUT2D eigenvalue weighted by atomic mass is 10.1. The van der Waals surface area contributed by atoms with Crippen LogP contribution >= 0.6 is 11.6 Å². The van der Waals surface area contributed by atoms with E-state index in [1.165, 1.54) is 56.4 Å². The predicted octanol–water partition coefficient (Wildman–Crippen LogP) is 5.10. The number of nitrogens with one attached hydrogen (secondary N) is 1. The summed E-state index contributed by atoms with van der Waals surface area (Å²) in [5.74, 6) is -0.460. The molecule has 0 fully saturated rings. The molecule has 0 saturated carbocycles. The Labute approximate surface area is 268 Å². The van der Waals surface area contributed by atoms with E-state index >= 15 is 0 Å². The van der Waals surface area contributed by atoms with Gasteiger partial charge in [-0.2, -0.15) is 0 Å². The monoisotopic (exact) mass is 660 g/mol. The van der Waals surface area contributed by atoms with Crippen molar-refractivity contribution in [1.82, 2.24) is 10.2 Å². The van der Waals surface area contributed by atoms with Crippen LogP contribution in [0.4, 0.5) is 11.4 Å². The highest BCUT2D eigenvalue weighted by molar-refractivity contribution is 7.92. The first-order valence-electron chi connectivity index (χ1n) is 14.1. The lowest BCUT2D eigenvalue weighted by Crippen LogP contribution is -2.52. The van der Waals surface area contributed by atoms with Crippen LogP contribution in [0.15, 0.2) is 65.6 Å². The first-order valence-corrected chi connectivity index (χ1v) is 15.9. The maximum atomic E-state index is 14.2. The number of ether oxygens (including phenoxy) is 2. The number of nitro benzene ring substituents is 1. The summed E-state index contributed by atoms with van der Waals surface area (Å²) < 4.78 is 39.9. The van der Waals surface area contributed by atoms with Gasteiger partial charge in [-0.1, -0.05) is 36.7 Å². The molecule has 12 nitrogen and oxygen atoms in total. The van der Waals surface area contributed by atoms with Crippen molar-refractivity contribution in [3.05, 3.63) is 86.9 Å². The Hall–Kier alpha value is -4.36. The van der Waals surface area contributed by atoms with E-state index in [2.05, 4.69) is 5.32 Å². The van der Waals surface area contributed by atoms with Crippen molar-refractivity contribution in [3.8, 4) is 11.5 Å². The van der Waals surface area contributed by atoms with Crippen molar-refractivity contribution < 1.29 is 32.4 Å². The number of nitro groups is 1. The lowest BCUT2D eigenvalue weighted by Gasteiger charge is -2.33. The Morgan fingerprint density at radius 1 is 1.02 bits per heavy atom. The van der Waals surface area contributed by atoms with Gasteiger partial charge in [-0.15, -0.1) is 0 Å². The van der Waals surface area contributed by atoms with Gasteiger partial charge < -0.3 is 19.7 Å². The summed E-state index contributed by atoms with van der Waals surface area (Å²) >= 11 is 6.26. The number of benzene rings is 3. The van der Waals surface area contributed by atoms with Crippen LogP contribution in [0.1, 0.15) is 38.3 Å². The van der Waals surface area contributed by atoms with Crippen molar-refractivity contribution in [3.63, 3.8) is 0 Å². The summed E-state index contributed by atoms with van der Waals surface area (Å²) in [5.41, 5.74) is 0.449. The molecule has 0 radical (unpaired) electrons. The van der Waals surface area contributed by atoms with Gasteiger partial charge in [-0.3, -0.25) is 24.0 Å². The Morgan fingerprint density at radius 3 is 2.27 bits per heavy atom. The number of sulfonamides is 1. The van der Waals surface area contributed by atoms with E-state index in [9.17, 15) is 28.1 Å². The van der Waals surface area contributed by atoms with Crippen LogP contribution in [0.5, 0.6) is 11.5 Å². The van der Waals surface area contributed by atoms with Crippen LogP contribution < -0.4 is 19.1 Å². The van der Waals surface area contributed by atoms with Gasteiger partial charge >= 0.3 is 0 Å². The van der Waals surface area contributed by atoms with Gasteiger partial charge in [-0.05, 0) is 69.2 Å². The molecule has 0 aliphatic rings. The molecular formula is C31H37ClN4O8S. The van der Waals surface area contributed by atoms with Crippen LogP contribution in [0, 0.1) is 17.0 Å². The maximum Gasteiger partial charge on any atom is 0.273 e. The summed E-state index contributed by atoms with van der Waals surface area (Å²) in [7, 11) is -1.78. The third-order valence-electron chi connectivity index (χ3n) is 7.33. The van der Waals surface area contributed by atoms with E-state index in [0.29, 0.717) is 17.7 Å². The molecule has 242 valence electrons. The number of aryl methyl sites for hydroxylation is 1. The van der Waals surface area contributed by atoms with Gasteiger partial charge in [-0.25, -0.2) is 8.42 Å². The van der Waals surface area contributed by atoms with Gasteiger partial charge in [0.2, 0.25) is 11.8 Å². The molecular weight excluding hydrogens is 624 g/mol. The summed E-state index contributed by atoms with van der Waals surface area (Å²) in [6.07, 6.45) is 0.661. The molecule has 0 bridgehead atoms. The Balaban J connectivity index is 2.15. The molecule has 0 heterocycles. The minimum absolute atomic E-state index is 0.0332. The van der Waals surface area contributed by atoms with Crippen molar-refractivity contribution >= 4 is 44.8 Å². The summed E-state index contributed by atoms with van der Waals surface area (Å²) in [4.78, 5) is 39.3.